The number of para-hydroxylation sites is 1. The molecule has 144 valence electrons. The highest BCUT2D eigenvalue weighted by Crippen LogP contribution is 2.26. The Morgan fingerprint density at radius 1 is 0.897 bits per heavy atom. The van der Waals surface area contributed by atoms with Gasteiger partial charge in [-0.15, -0.1) is 0 Å². The number of hydrogen-bond acceptors (Lipinski definition) is 3. The molecule has 7 nitrogen and oxygen atoms in total. The van der Waals surface area contributed by atoms with Gasteiger partial charge in [0.2, 0.25) is 0 Å². The first-order chi connectivity index (χ1) is 14.1. The van der Waals surface area contributed by atoms with Crippen molar-refractivity contribution in [3.8, 4) is 16.9 Å². The third-order valence-corrected chi connectivity index (χ3v) is 4.51. The van der Waals surface area contributed by atoms with E-state index in [4.69, 9.17) is 0 Å². The molecule has 0 saturated heterocycles. The number of aromatic nitrogens is 3. The summed E-state index contributed by atoms with van der Waals surface area (Å²) in [4.78, 5) is 27.8. The van der Waals surface area contributed by atoms with Crippen LogP contribution < -0.4 is 10.9 Å². The van der Waals surface area contributed by atoms with Crippen molar-refractivity contribution in [1.29, 1.82) is 0 Å². The van der Waals surface area contributed by atoms with Crippen LogP contribution in [-0.4, -0.2) is 26.6 Å². The maximum absolute atomic E-state index is 12.9. The van der Waals surface area contributed by atoms with Crippen LogP contribution in [0.5, 0.6) is 0 Å². The Labute approximate surface area is 167 Å². The van der Waals surface area contributed by atoms with Crippen molar-refractivity contribution in [2.45, 2.75) is 6.92 Å². The highest BCUT2D eigenvalue weighted by molar-refractivity contribution is 6.02. The number of amides is 2. The van der Waals surface area contributed by atoms with Crippen LogP contribution in [0.2, 0.25) is 0 Å². The molecule has 4 aromatic rings. The van der Waals surface area contributed by atoms with Gasteiger partial charge >= 0.3 is 0 Å². The number of nitrogens with zero attached hydrogens (tertiary/aromatic N) is 2. The Morgan fingerprint density at radius 2 is 1.62 bits per heavy atom. The maximum Gasteiger partial charge on any atom is 0.286 e. The quantitative estimate of drug-likeness (QED) is 0.471. The van der Waals surface area contributed by atoms with E-state index >= 15 is 0 Å². The van der Waals surface area contributed by atoms with Crippen molar-refractivity contribution >= 4 is 11.8 Å². The van der Waals surface area contributed by atoms with Gasteiger partial charge in [-0.1, -0.05) is 42.5 Å². The molecular weight excluding hydrogens is 366 g/mol. The van der Waals surface area contributed by atoms with E-state index in [1.165, 1.54) is 0 Å². The Balaban J connectivity index is 1.67. The summed E-state index contributed by atoms with van der Waals surface area (Å²) < 4.78 is 1.66. The molecule has 4 rings (SSSR count). The third-order valence-electron chi connectivity index (χ3n) is 4.51. The van der Waals surface area contributed by atoms with Gasteiger partial charge in [-0.2, -0.15) is 5.10 Å². The van der Waals surface area contributed by atoms with Gasteiger partial charge in [0.1, 0.15) is 11.4 Å². The van der Waals surface area contributed by atoms with Gasteiger partial charge in [0, 0.05) is 18.0 Å². The number of carbonyl (C=O) groups excluding carboxylic acids is 2. The summed E-state index contributed by atoms with van der Waals surface area (Å²) in [5.74, 6) is -0.887. The number of carbonyl (C=O) groups is 2. The van der Waals surface area contributed by atoms with Gasteiger partial charge in [0.05, 0.1) is 11.3 Å². The Morgan fingerprint density at radius 3 is 2.34 bits per heavy atom. The molecule has 0 spiro atoms. The van der Waals surface area contributed by atoms with Gasteiger partial charge in [0.15, 0.2) is 0 Å². The smallest absolute Gasteiger partial charge is 0.286 e. The molecule has 0 aliphatic carbocycles. The molecule has 0 radical (unpaired) electrons. The molecule has 0 bridgehead atoms. The molecule has 7 heteroatoms. The lowest BCUT2D eigenvalue weighted by Crippen LogP contribution is -2.41. The van der Waals surface area contributed by atoms with Crippen molar-refractivity contribution in [2.24, 2.45) is 0 Å². The van der Waals surface area contributed by atoms with Crippen molar-refractivity contribution in [3.63, 3.8) is 0 Å². The number of H-pyrrole nitrogens is 1. The van der Waals surface area contributed by atoms with Crippen LogP contribution in [0.3, 0.4) is 0 Å². The zero-order chi connectivity index (χ0) is 20.2. The molecule has 2 amide bonds. The van der Waals surface area contributed by atoms with Crippen molar-refractivity contribution in [2.75, 3.05) is 0 Å². The number of aromatic amines is 1. The molecule has 2 aromatic heterocycles. The number of benzene rings is 2. The minimum atomic E-state index is -0.453. The zero-order valence-corrected chi connectivity index (χ0v) is 15.7. The fraction of sp³-hybridized carbons (Fsp3) is 0.0455. The first-order valence-corrected chi connectivity index (χ1v) is 9.08. The third kappa shape index (κ3) is 3.79. The molecule has 0 aliphatic heterocycles. The van der Waals surface area contributed by atoms with Crippen LogP contribution in [-0.2, 0) is 0 Å². The van der Waals surface area contributed by atoms with Crippen LogP contribution in [0.1, 0.15) is 26.4 Å². The van der Waals surface area contributed by atoms with Crippen LogP contribution in [0.15, 0.2) is 79.1 Å². The molecular formula is C22H19N5O2. The van der Waals surface area contributed by atoms with E-state index in [2.05, 4.69) is 20.9 Å². The second-order valence-corrected chi connectivity index (χ2v) is 6.48. The van der Waals surface area contributed by atoms with Gasteiger partial charge in [-0.3, -0.25) is 20.4 Å². The molecule has 2 aromatic carbocycles. The summed E-state index contributed by atoms with van der Waals surface area (Å²) in [7, 11) is 0. The first-order valence-electron chi connectivity index (χ1n) is 9.08. The average molecular weight is 385 g/mol. The number of aryl methyl sites for hydroxylation is 1. The van der Waals surface area contributed by atoms with E-state index < -0.39 is 11.8 Å². The van der Waals surface area contributed by atoms with Crippen molar-refractivity contribution in [3.05, 3.63) is 95.9 Å². The van der Waals surface area contributed by atoms with E-state index in [0.29, 0.717) is 17.0 Å². The Kier molecular flexibility index (Phi) is 4.94. The number of rotatable bonds is 4. The van der Waals surface area contributed by atoms with Gasteiger partial charge in [0.25, 0.3) is 11.8 Å². The minimum Gasteiger partial charge on any atom is -0.357 e. The lowest BCUT2D eigenvalue weighted by molar-refractivity contribution is 0.0844. The molecule has 29 heavy (non-hydrogen) atoms. The standard InChI is InChI=1S/C22H19N5O2/c1-15-8-5-6-11-17(15)20-18(14-27(26-20)16-9-3-2-4-10-16)21(28)24-25-22(29)19-12-7-13-23-19/h2-14,23H,1H3,(H,24,28)(H,25,29). The summed E-state index contributed by atoms with van der Waals surface area (Å²) in [6, 6.07) is 20.6. The summed E-state index contributed by atoms with van der Waals surface area (Å²) >= 11 is 0. The summed E-state index contributed by atoms with van der Waals surface area (Å²) in [5.41, 5.74) is 8.81. The lowest BCUT2D eigenvalue weighted by Gasteiger charge is -2.08. The molecule has 0 fully saturated rings. The van der Waals surface area contributed by atoms with Crippen LogP contribution in [0.25, 0.3) is 16.9 Å². The summed E-state index contributed by atoms with van der Waals surface area (Å²) in [6.07, 6.45) is 3.30. The molecule has 0 atom stereocenters. The van der Waals surface area contributed by atoms with Crippen LogP contribution in [0, 0.1) is 6.92 Å². The normalized spacial score (nSPS) is 10.5. The minimum absolute atomic E-state index is 0.351. The van der Waals surface area contributed by atoms with E-state index in [1.54, 1.807) is 29.2 Å². The molecule has 2 heterocycles. The second kappa shape index (κ2) is 7.85. The average Bonchev–Trinajstić information content (AvgIpc) is 3.43. The fourth-order valence-corrected chi connectivity index (χ4v) is 3.01. The number of nitrogens with one attached hydrogen (secondary N) is 3. The predicted molar refractivity (Wildman–Crippen MR) is 109 cm³/mol. The zero-order valence-electron chi connectivity index (χ0n) is 15.7. The second-order valence-electron chi connectivity index (χ2n) is 6.48. The molecule has 3 N–H and O–H groups in total. The number of hydrazine groups is 1. The highest BCUT2D eigenvalue weighted by Gasteiger charge is 2.20. The van der Waals surface area contributed by atoms with Crippen molar-refractivity contribution < 1.29 is 9.59 Å². The van der Waals surface area contributed by atoms with Crippen LogP contribution in [0.4, 0.5) is 0 Å². The van der Waals surface area contributed by atoms with Gasteiger partial charge in [-0.25, -0.2) is 4.68 Å². The Bertz CT molecular complexity index is 1150. The Hall–Kier alpha value is -4.13. The monoisotopic (exact) mass is 385 g/mol. The molecule has 0 unspecified atom stereocenters. The van der Waals surface area contributed by atoms with Crippen molar-refractivity contribution in [1.82, 2.24) is 25.6 Å². The molecule has 0 aliphatic rings. The lowest BCUT2D eigenvalue weighted by atomic mass is 10.0. The summed E-state index contributed by atoms with van der Waals surface area (Å²) in [6.45, 7) is 1.96. The predicted octanol–water partition coefficient (Wildman–Crippen LogP) is 3.25. The highest BCUT2D eigenvalue weighted by atomic mass is 16.2. The molecule has 0 saturated carbocycles. The van der Waals surface area contributed by atoms with E-state index in [1.807, 2.05) is 61.5 Å². The van der Waals surface area contributed by atoms with Crippen LogP contribution >= 0.6 is 0 Å². The summed E-state index contributed by atoms with van der Waals surface area (Å²) in [5, 5.41) is 4.65. The maximum atomic E-state index is 12.9. The van der Waals surface area contributed by atoms with Gasteiger partial charge < -0.3 is 4.98 Å². The fourth-order valence-electron chi connectivity index (χ4n) is 3.01. The van der Waals surface area contributed by atoms with E-state index in [-0.39, 0.29) is 0 Å². The van der Waals surface area contributed by atoms with E-state index in [9.17, 15) is 9.59 Å². The SMILES string of the molecule is Cc1ccccc1-c1nn(-c2ccccc2)cc1C(=O)NNC(=O)c1ccc[nH]1. The first kappa shape index (κ1) is 18.2. The van der Waals surface area contributed by atoms with E-state index in [0.717, 1.165) is 16.8 Å². The topological polar surface area (TPSA) is 91.8 Å². The van der Waals surface area contributed by atoms with Gasteiger partial charge in [-0.05, 0) is 36.8 Å². The largest absolute Gasteiger partial charge is 0.357 e. The number of hydrogen-bond donors (Lipinski definition) is 3.